The van der Waals surface area contributed by atoms with E-state index in [1.54, 1.807) is 18.0 Å². The van der Waals surface area contributed by atoms with E-state index in [9.17, 15) is 9.59 Å². The van der Waals surface area contributed by atoms with Gasteiger partial charge in [-0.3, -0.25) is 14.6 Å². The largest absolute Gasteiger partial charge is 0.454 e. The highest BCUT2D eigenvalue weighted by Gasteiger charge is 2.56. The molecule has 0 unspecified atom stereocenters. The molecule has 3 heterocycles. The first-order valence-corrected chi connectivity index (χ1v) is 10.8. The number of imide groups is 1. The Labute approximate surface area is 186 Å². The summed E-state index contributed by atoms with van der Waals surface area (Å²) in [6, 6.07) is 13.3. The minimum absolute atomic E-state index is 0.103. The standard InChI is InChI=1S/C23H24ClN3O4/c1-25-21(28)23(27(22(25)29)13-16-5-3-2-4-6-16)7-9-26(10-8-23)14-17-11-19-20(12-18(17)24)31-15-30-19/h2-6,11-12H,7-10,13-15H2,1H3. The van der Waals surface area contributed by atoms with Crippen molar-refractivity contribution in [1.82, 2.24) is 14.7 Å². The number of amides is 3. The Morgan fingerprint density at radius 1 is 1.00 bits per heavy atom. The molecule has 0 aromatic heterocycles. The van der Waals surface area contributed by atoms with E-state index in [2.05, 4.69) is 4.90 Å². The third-order valence-corrected chi connectivity index (χ3v) is 6.89. The highest BCUT2D eigenvalue weighted by Crippen LogP contribution is 2.40. The number of likely N-dealkylation sites (tertiary alicyclic amines) is 1. The normalized spacial score (nSPS) is 20.2. The van der Waals surface area contributed by atoms with Gasteiger partial charge in [0.05, 0.1) is 0 Å². The number of carbonyl (C=O) groups is 2. The molecule has 3 aliphatic rings. The number of ether oxygens (including phenoxy) is 2. The summed E-state index contributed by atoms with van der Waals surface area (Å²) in [5.41, 5.74) is 1.21. The topological polar surface area (TPSA) is 62.3 Å². The van der Waals surface area contributed by atoms with Gasteiger partial charge in [0.1, 0.15) is 5.54 Å². The van der Waals surface area contributed by atoms with Gasteiger partial charge >= 0.3 is 6.03 Å². The first kappa shape index (κ1) is 20.2. The van der Waals surface area contributed by atoms with Crippen LogP contribution in [-0.2, 0) is 17.9 Å². The van der Waals surface area contributed by atoms with E-state index in [1.807, 2.05) is 36.4 Å². The van der Waals surface area contributed by atoms with Crippen LogP contribution < -0.4 is 9.47 Å². The number of urea groups is 1. The predicted molar refractivity (Wildman–Crippen MR) is 115 cm³/mol. The molecule has 0 aliphatic carbocycles. The second-order valence-electron chi connectivity index (χ2n) is 8.32. The van der Waals surface area contributed by atoms with Gasteiger partial charge in [-0.25, -0.2) is 4.79 Å². The number of piperidine rings is 1. The maximum atomic E-state index is 13.1. The van der Waals surface area contributed by atoms with Crippen LogP contribution in [0, 0.1) is 0 Å². The Morgan fingerprint density at radius 3 is 2.39 bits per heavy atom. The van der Waals surface area contributed by atoms with E-state index in [-0.39, 0.29) is 18.7 Å². The van der Waals surface area contributed by atoms with Gasteiger partial charge in [0.2, 0.25) is 6.79 Å². The summed E-state index contributed by atoms with van der Waals surface area (Å²) in [7, 11) is 1.58. The summed E-state index contributed by atoms with van der Waals surface area (Å²) in [5, 5.41) is 0.641. The van der Waals surface area contributed by atoms with Crippen molar-refractivity contribution in [1.29, 1.82) is 0 Å². The monoisotopic (exact) mass is 441 g/mol. The molecule has 31 heavy (non-hydrogen) atoms. The van der Waals surface area contributed by atoms with Crippen molar-refractivity contribution in [2.75, 3.05) is 26.9 Å². The van der Waals surface area contributed by atoms with Crippen molar-refractivity contribution >= 4 is 23.5 Å². The maximum Gasteiger partial charge on any atom is 0.327 e. The molecule has 2 saturated heterocycles. The molecule has 8 heteroatoms. The lowest BCUT2D eigenvalue weighted by molar-refractivity contribution is -0.135. The van der Waals surface area contributed by atoms with E-state index in [4.69, 9.17) is 21.1 Å². The number of benzene rings is 2. The average molecular weight is 442 g/mol. The Balaban J connectivity index is 1.32. The first-order valence-electron chi connectivity index (χ1n) is 10.4. The Bertz CT molecular complexity index is 1020. The van der Waals surface area contributed by atoms with Crippen LogP contribution >= 0.6 is 11.6 Å². The average Bonchev–Trinajstić information content (AvgIpc) is 3.30. The van der Waals surface area contributed by atoms with Crippen LogP contribution in [0.2, 0.25) is 5.02 Å². The van der Waals surface area contributed by atoms with E-state index in [1.165, 1.54) is 4.90 Å². The third kappa shape index (κ3) is 3.42. The first-order chi connectivity index (χ1) is 15.0. The third-order valence-electron chi connectivity index (χ3n) is 6.54. The molecule has 2 aromatic rings. The Kier molecular flexibility index (Phi) is 5.02. The van der Waals surface area contributed by atoms with Gasteiger partial charge in [0, 0.05) is 44.3 Å². The van der Waals surface area contributed by atoms with Crippen LogP contribution in [-0.4, -0.2) is 59.1 Å². The van der Waals surface area contributed by atoms with Crippen LogP contribution in [0.15, 0.2) is 42.5 Å². The zero-order valence-corrected chi connectivity index (χ0v) is 18.1. The fourth-order valence-electron chi connectivity index (χ4n) is 4.75. The summed E-state index contributed by atoms with van der Waals surface area (Å²) < 4.78 is 10.9. The smallest absolute Gasteiger partial charge is 0.327 e. The molecule has 0 bridgehead atoms. The number of hydrogen-bond donors (Lipinski definition) is 0. The summed E-state index contributed by atoms with van der Waals surface area (Å²) in [6.07, 6.45) is 1.19. The van der Waals surface area contributed by atoms with Crippen molar-refractivity contribution < 1.29 is 19.1 Å². The maximum absolute atomic E-state index is 13.1. The minimum Gasteiger partial charge on any atom is -0.454 e. The highest BCUT2D eigenvalue weighted by molar-refractivity contribution is 6.31. The molecule has 0 N–H and O–H groups in total. The lowest BCUT2D eigenvalue weighted by atomic mass is 9.85. The number of fused-ring (bicyclic) bond motifs is 1. The fourth-order valence-corrected chi connectivity index (χ4v) is 4.96. The molecule has 0 radical (unpaired) electrons. The van der Waals surface area contributed by atoms with Gasteiger partial charge in [-0.15, -0.1) is 0 Å². The van der Waals surface area contributed by atoms with Gasteiger partial charge in [-0.1, -0.05) is 41.9 Å². The van der Waals surface area contributed by atoms with Gasteiger partial charge in [0.15, 0.2) is 11.5 Å². The quantitative estimate of drug-likeness (QED) is 0.679. The fraction of sp³-hybridized carbons (Fsp3) is 0.391. The lowest BCUT2D eigenvalue weighted by Gasteiger charge is -2.42. The molecular formula is C23H24ClN3O4. The summed E-state index contributed by atoms with van der Waals surface area (Å²) >= 11 is 6.45. The molecule has 7 nitrogen and oxygen atoms in total. The lowest BCUT2D eigenvalue weighted by Crippen LogP contribution is -2.56. The molecular weight excluding hydrogens is 418 g/mol. The van der Waals surface area contributed by atoms with Crippen molar-refractivity contribution in [3.8, 4) is 11.5 Å². The van der Waals surface area contributed by atoms with Gasteiger partial charge < -0.3 is 14.4 Å². The van der Waals surface area contributed by atoms with Crippen LogP contribution in [0.5, 0.6) is 11.5 Å². The zero-order chi connectivity index (χ0) is 21.6. The second-order valence-corrected chi connectivity index (χ2v) is 8.73. The van der Waals surface area contributed by atoms with E-state index in [0.29, 0.717) is 55.5 Å². The van der Waals surface area contributed by atoms with Gasteiger partial charge in [0.25, 0.3) is 5.91 Å². The Hall–Kier alpha value is -2.77. The second kappa shape index (κ2) is 7.73. The highest BCUT2D eigenvalue weighted by atomic mass is 35.5. The summed E-state index contributed by atoms with van der Waals surface area (Å²) in [4.78, 5) is 31.3. The SMILES string of the molecule is CN1C(=O)N(Cc2ccccc2)C2(CCN(Cc3cc4c(cc3Cl)OCO4)CC2)C1=O. The number of rotatable bonds is 4. The van der Waals surface area contributed by atoms with Gasteiger partial charge in [-0.2, -0.15) is 0 Å². The Morgan fingerprint density at radius 2 is 1.68 bits per heavy atom. The number of carbonyl (C=O) groups excluding carboxylic acids is 2. The molecule has 1 spiro atoms. The van der Waals surface area contributed by atoms with Crippen molar-refractivity contribution in [3.63, 3.8) is 0 Å². The van der Waals surface area contributed by atoms with Crippen LogP contribution in [0.3, 0.4) is 0 Å². The molecule has 3 amide bonds. The molecule has 162 valence electrons. The predicted octanol–water partition coefficient (Wildman–Crippen LogP) is 3.50. The van der Waals surface area contributed by atoms with Gasteiger partial charge in [-0.05, 0) is 30.0 Å². The number of halogens is 1. The molecule has 0 atom stereocenters. The molecule has 2 aromatic carbocycles. The van der Waals surface area contributed by atoms with Crippen molar-refractivity contribution in [2.24, 2.45) is 0 Å². The van der Waals surface area contributed by atoms with Crippen LogP contribution in [0.1, 0.15) is 24.0 Å². The molecule has 3 aliphatic heterocycles. The van der Waals surface area contributed by atoms with Crippen LogP contribution in [0.25, 0.3) is 0 Å². The summed E-state index contributed by atoms with van der Waals surface area (Å²) in [5.74, 6) is 1.27. The number of nitrogens with zero attached hydrogens (tertiary/aromatic N) is 3. The molecule has 5 rings (SSSR count). The summed E-state index contributed by atoms with van der Waals surface area (Å²) in [6.45, 7) is 2.69. The van der Waals surface area contributed by atoms with E-state index in [0.717, 1.165) is 11.1 Å². The molecule has 2 fully saturated rings. The zero-order valence-electron chi connectivity index (χ0n) is 17.3. The van der Waals surface area contributed by atoms with Crippen LogP contribution in [0.4, 0.5) is 4.79 Å². The minimum atomic E-state index is -0.781. The van der Waals surface area contributed by atoms with E-state index >= 15 is 0 Å². The van der Waals surface area contributed by atoms with Crippen molar-refractivity contribution in [3.05, 3.63) is 58.6 Å². The molecule has 0 saturated carbocycles. The number of hydrogen-bond acceptors (Lipinski definition) is 5. The van der Waals surface area contributed by atoms with E-state index < -0.39 is 5.54 Å². The van der Waals surface area contributed by atoms with Crippen molar-refractivity contribution in [2.45, 2.75) is 31.5 Å². The number of likely N-dealkylation sites (N-methyl/N-ethyl adjacent to an activating group) is 1.